The number of nitriles is 2. The molecule has 0 spiro atoms. The van der Waals surface area contributed by atoms with Crippen molar-refractivity contribution in [3.8, 4) is 12.1 Å². The smallest absolute Gasteiger partial charge is 0.338 e. The molecule has 0 N–H and O–H groups in total. The highest BCUT2D eigenvalue weighted by atomic mass is 32.2. The van der Waals surface area contributed by atoms with Gasteiger partial charge in [-0.1, -0.05) is 54.2 Å². The summed E-state index contributed by atoms with van der Waals surface area (Å²) in [5.74, 6) is -0.376. The minimum absolute atomic E-state index is 0.351. The number of esters is 1. The second-order valence-corrected chi connectivity index (χ2v) is 8.43. The molecule has 0 radical (unpaired) electrons. The molecule has 3 aromatic rings. The van der Waals surface area contributed by atoms with Gasteiger partial charge in [0, 0.05) is 15.4 Å². The lowest BCUT2D eigenvalue weighted by atomic mass is 10.0. The average molecular weight is 453 g/mol. The number of carbonyl (C=O) groups is 1. The van der Waals surface area contributed by atoms with Gasteiger partial charge in [0.05, 0.1) is 35.4 Å². The third-order valence-electron chi connectivity index (χ3n) is 4.95. The molecule has 3 aromatic carbocycles. The Labute approximate surface area is 199 Å². The van der Waals surface area contributed by atoms with Crippen LogP contribution in [0.1, 0.15) is 47.2 Å². The van der Waals surface area contributed by atoms with Crippen molar-refractivity contribution < 1.29 is 9.53 Å². The zero-order valence-electron chi connectivity index (χ0n) is 18.2. The lowest BCUT2D eigenvalue weighted by Gasteiger charge is -2.08. The van der Waals surface area contributed by atoms with Gasteiger partial charge in [-0.2, -0.15) is 10.5 Å². The largest absolute Gasteiger partial charge is 0.462 e. The molecular weight excluding hydrogens is 428 g/mol. The molecule has 0 atom stereocenters. The van der Waals surface area contributed by atoms with E-state index in [-0.39, 0.29) is 5.97 Å². The maximum atomic E-state index is 12.0. The number of benzene rings is 3. The molecule has 0 fully saturated rings. The van der Waals surface area contributed by atoms with Crippen LogP contribution >= 0.6 is 11.8 Å². The number of unbranched alkanes of at least 4 members (excludes halogenated alkanes) is 3. The van der Waals surface area contributed by atoms with Crippen LogP contribution in [0.5, 0.6) is 0 Å². The first-order chi connectivity index (χ1) is 16.2. The van der Waals surface area contributed by atoms with E-state index in [1.54, 1.807) is 36.0 Å². The van der Waals surface area contributed by atoms with Crippen LogP contribution in [0, 0.1) is 22.7 Å². The molecule has 33 heavy (non-hydrogen) atoms. The van der Waals surface area contributed by atoms with Crippen molar-refractivity contribution in [3.63, 3.8) is 0 Å². The molecule has 0 bridgehead atoms. The van der Waals surface area contributed by atoms with E-state index in [0.717, 1.165) is 41.0 Å². The van der Waals surface area contributed by atoms with Gasteiger partial charge in [-0.25, -0.2) is 4.79 Å². The molecule has 4 nitrogen and oxygen atoms in total. The summed E-state index contributed by atoms with van der Waals surface area (Å²) in [4.78, 5) is 14.2. The van der Waals surface area contributed by atoms with Gasteiger partial charge < -0.3 is 4.74 Å². The standard InChI is InChI=1S/C28H24N2O2S/c29-20-22-15-17-23(18-16-22)28(31)32-19-9-2-1-4-10-24(21-30)26-13-7-8-14-27(26)33-25-11-5-3-6-12-25/h3,5-8,10-18H,1-2,4,9,19H2/b24-10+. The number of hydrogen-bond acceptors (Lipinski definition) is 5. The molecule has 3 rings (SSSR count). The third kappa shape index (κ3) is 7.38. The zero-order valence-corrected chi connectivity index (χ0v) is 19.1. The molecule has 0 saturated carbocycles. The molecule has 0 aliphatic carbocycles. The maximum Gasteiger partial charge on any atom is 0.338 e. The quantitative estimate of drug-likeness (QED) is 0.187. The predicted molar refractivity (Wildman–Crippen MR) is 131 cm³/mol. The van der Waals surface area contributed by atoms with E-state index in [2.05, 4.69) is 18.2 Å². The van der Waals surface area contributed by atoms with E-state index in [1.807, 2.05) is 54.6 Å². The summed E-state index contributed by atoms with van der Waals surface area (Å²) in [5, 5.41) is 18.5. The van der Waals surface area contributed by atoms with Crippen LogP contribution < -0.4 is 0 Å². The molecule has 0 aliphatic heterocycles. The Kier molecular flexibility index (Phi) is 9.33. The van der Waals surface area contributed by atoms with Crippen LogP contribution in [0.25, 0.3) is 5.57 Å². The SMILES string of the molecule is N#C/C(=C\CCCCCOC(=O)c1ccc(C#N)cc1)c1ccccc1Sc1ccccc1. The van der Waals surface area contributed by atoms with Crippen molar-refractivity contribution in [2.75, 3.05) is 6.61 Å². The van der Waals surface area contributed by atoms with E-state index < -0.39 is 0 Å². The minimum Gasteiger partial charge on any atom is -0.462 e. The van der Waals surface area contributed by atoms with Crippen LogP contribution in [-0.4, -0.2) is 12.6 Å². The molecule has 0 heterocycles. The second kappa shape index (κ2) is 12.9. The third-order valence-corrected chi connectivity index (χ3v) is 6.03. The fourth-order valence-electron chi connectivity index (χ4n) is 3.21. The van der Waals surface area contributed by atoms with E-state index in [0.29, 0.717) is 23.3 Å². The van der Waals surface area contributed by atoms with Gasteiger partial charge in [0.15, 0.2) is 0 Å². The van der Waals surface area contributed by atoms with Crippen LogP contribution in [-0.2, 0) is 4.74 Å². The van der Waals surface area contributed by atoms with Gasteiger partial charge >= 0.3 is 5.97 Å². The first kappa shape index (κ1) is 23.9. The topological polar surface area (TPSA) is 73.9 Å². The average Bonchev–Trinajstić information content (AvgIpc) is 2.87. The lowest BCUT2D eigenvalue weighted by molar-refractivity contribution is 0.0498. The maximum absolute atomic E-state index is 12.0. The van der Waals surface area contributed by atoms with Crippen molar-refractivity contribution >= 4 is 23.3 Å². The monoisotopic (exact) mass is 452 g/mol. The summed E-state index contributed by atoms with van der Waals surface area (Å²) in [5.41, 5.74) is 2.59. The first-order valence-electron chi connectivity index (χ1n) is 10.8. The fourth-order valence-corrected chi connectivity index (χ4v) is 4.19. The summed E-state index contributed by atoms with van der Waals surface area (Å²) in [7, 11) is 0. The number of nitrogens with zero attached hydrogens (tertiary/aromatic N) is 2. The lowest BCUT2D eigenvalue weighted by Crippen LogP contribution is -2.06. The highest BCUT2D eigenvalue weighted by Crippen LogP contribution is 2.33. The number of hydrogen-bond donors (Lipinski definition) is 0. The van der Waals surface area contributed by atoms with Gasteiger partial charge in [-0.05, 0) is 68.1 Å². The van der Waals surface area contributed by atoms with E-state index >= 15 is 0 Å². The molecular formula is C28H24N2O2S. The molecule has 0 amide bonds. The molecule has 164 valence electrons. The zero-order chi connectivity index (χ0) is 23.3. The van der Waals surface area contributed by atoms with Crippen molar-refractivity contribution in [1.29, 1.82) is 10.5 Å². The van der Waals surface area contributed by atoms with Crippen molar-refractivity contribution in [1.82, 2.24) is 0 Å². The van der Waals surface area contributed by atoms with Gasteiger partial charge in [0.25, 0.3) is 0 Å². The Morgan fingerprint density at radius 2 is 1.61 bits per heavy atom. The van der Waals surface area contributed by atoms with E-state index in [9.17, 15) is 10.1 Å². The molecule has 0 aromatic heterocycles. The fraction of sp³-hybridized carbons (Fsp3) is 0.179. The van der Waals surface area contributed by atoms with Crippen LogP contribution in [0.15, 0.2) is 94.7 Å². The Morgan fingerprint density at radius 1 is 0.879 bits per heavy atom. The summed E-state index contributed by atoms with van der Waals surface area (Å²) in [6, 6.07) is 28.9. The Bertz CT molecular complexity index is 1170. The minimum atomic E-state index is -0.376. The summed E-state index contributed by atoms with van der Waals surface area (Å²) in [6.07, 6.45) is 5.35. The Balaban J connectivity index is 1.45. The molecule has 0 unspecified atom stereocenters. The molecule has 0 aliphatic rings. The van der Waals surface area contributed by atoms with Gasteiger partial charge in [0.2, 0.25) is 0 Å². The summed E-state index contributed by atoms with van der Waals surface area (Å²) in [6.45, 7) is 0.351. The Hall–Kier alpha value is -3.80. The summed E-state index contributed by atoms with van der Waals surface area (Å²) < 4.78 is 5.30. The predicted octanol–water partition coefficient (Wildman–Crippen LogP) is 7.03. The normalized spacial score (nSPS) is 10.8. The van der Waals surface area contributed by atoms with Crippen LogP contribution in [0.3, 0.4) is 0 Å². The van der Waals surface area contributed by atoms with Crippen molar-refractivity contribution in [2.24, 2.45) is 0 Å². The second-order valence-electron chi connectivity index (χ2n) is 7.32. The first-order valence-corrected chi connectivity index (χ1v) is 11.6. The van der Waals surface area contributed by atoms with Crippen molar-refractivity contribution in [2.45, 2.75) is 35.5 Å². The number of rotatable bonds is 10. The number of allylic oxidation sites excluding steroid dienone is 2. The van der Waals surface area contributed by atoms with E-state index in [1.165, 1.54) is 0 Å². The van der Waals surface area contributed by atoms with E-state index in [4.69, 9.17) is 10.00 Å². The van der Waals surface area contributed by atoms with Crippen molar-refractivity contribution in [3.05, 3.63) is 102 Å². The van der Waals surface area contributed by atoms with Crippen LogP contribution in [0.2, 0.25) is 0 Å². The molecule has 0 saturated heterocycles. The highest BCUT2D eigenvalue weighted by Gasteiger charge is 2.09. The van der Waals surface area contributed by atoms with Gasteiger partial charge in [-0.3, -0.25) is 0 Å². The number of carbonyl (C=O) groups excluding carboxylic acids is 1. The van der Waals surface area contributed by atoms with Gasteiger partial charge in [0.1, 0.15) is 0 Å². The highest BCUT2D eigenvalue weighted by molar-refractivity contribution is 7.99. The number of ether oxygens (including phenoxy) is 1. The van der Waals surface area contributed by atoms with Crippen LogP contribution in [0.4, 0.5) is 0 Å². The summed E-state index contributed by atoms with van der Waals surface area (Å²) >= 11 is 1.65. The Morgan fingerprint density at radius 3 is 2.33 bits per heavy atom. The van der Waals surface area contributed by atoms with Gasteiger partial charge in [-0.15, -0.1) is 0 Å². The molecule has 5 heteroatoms.